The third-order valence-electron chi connectivity index (χ3n) is 3.77. The lowest BCUT2D eigenvalue weighted by Crippen LogP contribution is -2.49. The van der Waals surface area contributed by atoms with Crippen molar-refractivity contribution in [2.75, 3.05) is 26.2 Å². The smallest absolute Gasteiger partial charge is 0.252 e. The van der Waals surface area contributed by atoms with E-state index in [1.54, 1.807) is 10.4 Å². The monoisotopic (exact) mass is 364 g/mol. The summed E-state index contributed by atoms with van der Waals surface area (Å²) in [5.41, 5.74) is 0.986. The Morgan fingerprint density at radius 1 is 1.26 bits per heavy atom. The van der Waals surface area contributed by atoms with Crippen LogP contribution in [0.1, 0.15) is 18.4 Å². The summed E-state index contributed by atoms with van der Waals surface area (Å²) in [7, 11) is -3.30. The second kappa shape index (κ2) is 5.11. The molecule has 2 aliphatic rings. The Morgan fingerprint density at radius 3 is 2.37 bits per heavy atom. The number of piperazine rings is 1. The van der Waals surface area contributed by atoms with E-state index in [9.17, 15) is 8.42 Å². The topological polar surface area (TPSA) is 40.6 Å². The van der Waals surface area contributed by atoms with Crippen LogP contribution in [0.2, 0.25) is 0 Å². The molecule has 2 fully saturated rings. The minimum Gasteiger partial charge on any atom is -0.298 e. The molecule has 3 rings (SSSR count). The van der Waals surface area contributed by atoms with Crippen LogP contribution in [-0.4, -0.2) is 49.8 Å². The molecule has 0 atom stereocenters. The van der Waals surface area contributed by atoms with Gasteiger partial charge in [0.05, 0.1) is 3.79 Å². The maximum atomic E-state index is 12.5. The zero-order valence-corrected chi connectivity index (χ0v) is 14.0. The first-order valence-electron chi connectivity index (χ1n) is 6.48. The highest BCUT2D eigenvalue weighted by molar-refractivity contribution is 9.11. The minimum atomic E-state index is -3.30. The van der Waals surface area contributed by atoms with E-state index in [2.05, 4.69) is 20.8 Å². The summed E-state index contributed by atoms with van der Waals surface area (Å²) in [6, 6.07) is 2.49. The zero-order valence-electron chi connectivity index (χ0n) is 10.8. The summed E-state index contributed by atoms with van der Waals surface area (Å²) in [5, 5.41) is 0. The molecule has 106 valence electrons. The van der Waals surface area contributed by atoms with E-state index >= 15 is 0 Å². The van der Waals surface area contributed by atoms with Crippen LogP contribution < -0.4 is 0 Å². The Kier molecular flexibility index (Phi) is 3.77. The quantitative estimate of drug-likeness (QED) is 0.825. The highest BCUT2D eigenvalue weighted by Crippen LogP contribution is 2.33. The van der Waals surface area contributed by atoms with E-state index in [4.69, 9.17) is 0 Å². The molecule has 0 radical (unpaired) electrons. The molecule has 1 saturated carbocycles. The van der Waals surface area contributed by atoms with Crippen LogP contribution in [0.25, 0.3) is 0 Å². The Balaban J connectivity index is 1.74. The normalized spacial score (nSPS) is 22.8. The van der Waals surface area contributed by atoms with Crippen molar-refractivity contribution in [1.29, 1.82) is 0 Å². The highest BCUT2D eigenvalue weighted by atomic mass is 79.9. The number of thiophene rings is 1. The molecule has 0 bridgehead atoms. The molecule has 1 aliphatic heterocycles. The van der Waals surface area contributed by atoms with Gasteiger partial charge in [0.15, 0.2) is 0 Å². The molecule has 2 heterocycles. The first-order valence-corrected chi connectivity index (χ1v) is 9.53. The number of nitrogens with zero attached hydrogens (tertiary/aromatic N) is 2. The van der Waals surface area contributed by atoms with Gasteiger partial charge in [-0.05, 0) is 47.3 Å². The van der Waals surface area contributed by atoms with Gasteiger partial charge in [0.2, 0.25) is 0 Å². The van der Waals surface area contributed by atoms with Gasteiger partial charge in [0, 0.05) is 32.2 Å². The molecule has 19 heavy (non-hydrogen) atoms. The predicted molar refractivity (Wildman–Crippen MR) is 80.1 cm³/mol. The largest absolute Gasteiger partial charge is 0.298 e. The molecule has 0 amide bonds. The van der Waals surface area contributed by atoms with Crippen molar-refractivity contribution in [1.82, 2.24) is 9.21 Å². The zero-order chi connectivity index (χ0) is 13.6. The first kappa shape index (κ1) is 14.0. The summed E-state index contributed by atoms with van der Waals surface area (Å²) in [5.74, 6) is 0. The lowest BCUT2D eigenvalue weighted by atomic mass is 10.3. The second-order valence-electron chi connectivity index (χ2n) is 5.19. The van der Waals surface area contributed by atoms with Crippen LogP contribution in [0.3, 0.4) is 0 Å². The standard InChI is InChI=1S/C12H17BrN2O2S2/c1-9-8-11(18-12(9)13)19(16,17)15-6-4-14(5-7-15)10-2-3-10/h8,10H,2-7H2,1H3. The van der Waals surface area contributed by atoms with E-state index in [1.807, 2.05) is 6.92 Å². The summed E-state index contributed by atoms with van der Waals surface area (Å²) >= 11 is 4.70. The third-order valence-corrected chi connectivity index (χ3v) is 8.25. The van der Waals surface area contributed by atoms with Crippen LogP contribution in [0.4, 0.5) is 0 Å². The van der Waals surface area contributed by atoms with Crippen LogP contribution >= 0.6 is 27.3 Å². The lowest BCUT2D eigenvalue weighted by molar-refractivity contribution is 0.181. The van der Waals surface area contributed by atoms with E-state index in [0.717, 1.165) is 28.5 Å². The van der Waals surface area contributed by atoms with Crippen molar-refractivity contribution < 1.29 is 8.42 Å². The van der Waals surface area contributed by atoms with Crippen molar-refractivity contribution in [3.05, 3.63) is 15.4 Å². The van der Waals surface area contributed by atoms with Crippen molar-refractivity contribution in [2.45, 2.75) is 30.0 Å². The molecular weight excluding hydrogens is 348 g/mol. The van der Waals surface area contributed by atoms with Crippen LogP contribution in [0, 0.1) is 6.92 Å². The Bertz CT molecular complexity index is 553. The SMILES string of the molecule is Cc1cc(S(=O)(=O)N2CCN(C3CC3)CC2)sc1Br. The van der Waals surface area contributed by atoms with Crippen LogP contribution in [0.5, 0.6) is 0 Å². The fraction of sp³-hybridized carbons (Fsp3) is 0.667. The Labute approximate surface area is 126 Å². The number of rotatable bonds is 3. The number of hydrogen-bond acceptors (Lipinski definition) is 4. The van der Waals surface area contributed by atoms with Crippen LogP contribution in [-0.2, 0) is 10.0 Å². The second-order valence-corrected chi connectivity index (χ2v) is 9.73. The number of aryl methyl sites for hydroxylation is 1. The van der Waals surface area contributed by atoms with Crippen molar-refractivity contribution in [2.24, 2.45) is 0 Å². The number of halogens is 1. The highest BCUT2D eigenvalue weighted by Gasteiger charge is 2.35. The maximum Gasteiger partial charge on any atom is 0.252 e. The van der Waals surface area contributed by atoms with Gasteiger partial charge < -0.3 is 0 Å². The molecule has 4 nitrogen and oxygen atoms in total. The van der Waals surface area contributed by atoms with Gasteiger partial charge in [-0.3, -0.25) is 4.90 Å². The summed E-state index contributed by atoms with van der Waals surface area (Å²) < 4.78 is 28.1. The van der Waals surface area contributed by atoms with Gasteiger partial charge >= 0.3 is 0 Å². The maximum absolute atomic E-state index is 12.5. The summed E-state index contributed by atoms with van der Waals surface area (Å²) in [6.07, 6.45) is 2.56. The average Bonchev–Trinajstić information content (AvgIpc) is 3.17. The molecule has 0 aromatic carbocycles. The van der Waals surface area contributed by atoms with E-state index in [1.165, 1.54) is 24.2 Å². The third kappa shape index (κ3) is 2.76. The van der Waals surface area contributed by atoms with Gasteiger partial charge in [0.25, 0.3) is 10.0 Å². The van der Waals surface area contributed by atoms with E-state index in [-0.39, 0.29) is 0 Å². The molecular formula is C12H17BrN2O2S2. The fourth-order valence-corrected chi connectivity index (χ4v) is 6.24. The number of hydrogen-bond donors (Lipinski definition) is 0. The molecule has 7 heteroatoms. The van der Waals surface area contributed by atoms with Gasteiger partial charge in [-0.2, -0.15) is 4.31 Å². The summed E-state index contributed by atoms with van der Waals surface area (Å²) in [6.45, 7) is 4.90. The Morgan fingerprint density at radius 2 is 1.89 bits per heavy atom. The Hall–Kier alpha value is 0.0500. The minimum absolute atomic E-state index is 0.455. The van der Waals surface area contributed by atoms with Gasteiger partial charge in [0.1, 0.15) is 4.21 Å². The van der Waals surface area contributed by atoms with Gasteiger partial charge in [-0.1, -0.05) is 0 Å². The lowest BCUT2D eigenvalue weighted by Gasteiger charge is -2.33. The average molecular weight is 365 g/mol. The fourth-order valence-electron chi connectivity index (χ4n) is 2.43. The number of sulfonamides is 1. The molecule has 0 N–H and O–H groups in total. The van der Waals surface area contributed by atoms with Crippen molar-refractivity contribution in [3.8, 4) is 0 Å². The van der Waals surface area contributed by atoms with Crippen molar-refractivity contribution in [3.63, 3.8) is 0 Å². The molecule has 1 aliphatic carbocycles. The van der Waals surface area contributed by atoms with E-state index < -0.39 is 10.0 Å². The van der Waals surface area contributed by atoms with E-state index in [0.29, 0.717) is 17.3 Å². The van der Waals surface area contributed by atoms with Crippen LogP contribution in [0.15, 0.2) is 14.1 Å². The summed E-state index contributed by atoms with van der Waals surface area (Å²) in [4.78, 5) is 2.42. The molecule has 1 aromatic rings. The molecule has 1 saturated heterocycles. The predicted octanol–water partition coefficient (Wildman–Crippen LogP) is 2.29. The first-order chi connectivity index (χ1) is 8.98. The molecule has 0 spiro atoms. The molecule has 1 aromatic heterocycles. The molecule has 0 unspecified atom stereocenters. The van der Waals surface area contributed by atoms with Gasteiger partial charge in [-0.15, -0.1) is 11.3 Å². The van der Waals surface area contributed by atoms with Gasteiger partial charge in [-0.25, -0.2) is 8.42 Å². The van der Waals surface area contributed by atoms with Crippen molar-refractivity contribution >= 4 is 37.3 Å².